The topological polar surface area (TPSA) is 21.3 Å². The van der Waals surface area contributed by atoms with Gasteiger partial charge in [0.15, 0.2) is 0 Å². The van der Waals surface area contributed by atoms with Gasteiger partial charge in [-0.05, 0) is 47.7 Å². The number of rotatable bonds is 2. The van der Waals surface area contributed by atoms with Crippen LogP contribution in [0, 0.1) is 3.57 Å². The van der Waals surface area contributed by atoms with E-state index in [1.165, 1.54) is 3.57 Å². The largest absolute Gasteiger partial charge is 0.488 e. The maximum absolute atomic E-state index is 5.84. The minimum absolute atomic E-state index is 0.357. The first-order valence-corrected chi connectivity index (χ1v) is 5.56. The molecule has 1 aromatic carbocycles. The Hall–Kier alpha value is -0.290. The molecular weight excluding hydrogens is 277 g/mol. The fourth-order valence-electron chi connectivity index (χ4n) is 1.45. The van der Waals surface area contributed by atoms with Crippen molar-refractivity contribution in [3.8, 4) is 5.75 Å². The average Bonchev–Trinajstić information content (AvgIpc) is 2.61. The molecular formula is C10H12INO. The lowest BCUT2D eigenvalue weighted by molar-refractivity contribution is 0.221. The van der Waals surface area contributed by atoms with Crippen LogP contribution in [-0.4, -0.2) is 19.2 Å². The summed E-state index contributed by atoms with van der Waals surface area (Å²) in [4.78, 5) is 0. The third-order valence-corrected chi connectivity index (χ3v) is 3.04. The number of nitrogens with one attached hydrogen (secondary N) is 1. The molecule has 0 aliphatic carbocycles. The van der Waals surface area contributed by atoms with Crippen LogP contribution in [0.4, 0.5) is 0 Å². The lowest BCUT2D eigenvalue weighted by atomic mass is 10.3. The predicted molar refractivity (Wildman–Crippen MR) is 61.1 cm³/mol. The summed E-state index contributed by atoms with van der Waals surface area (Å²) in [6.45, 7) is 2.05. The zero-order chi connectivity index (χ0) is 9.10. The quantitative estimate of drug-likeness (QED) is 0.841. The van der Waals surface area contributed by atoms with Crippen molar-refractivity contribution in [3.05, 3.63) is 27.8 Å². The number of hydrogen-bond acceptors (Lipinski definition) is 2. The van der Waals surface area contributed by atoms with Crippen molar-refractivity contribution in [1.82, 2.24) is 5.32 Å². The normalized spacial score (nSPS) is 21.8. The molecule has 1 unspecified atom stereocenters. The second-order valence-electron chi connectivity index (χ2n) is 3.16. The molecule has 2 nitrogen and oxygen atoms in total. The summed E-state index contributed by atoms with van der Waals surface area (Å²) >= 11 is 2.30. The van der Waals surface area contributed by atoms with Crippen molar-refractivity contribution in [2.24, 2.45) is 0 Å². The second kappa shape index (κ2) is 4.28. The van der Waals surface area contributed by atoms with Crippen molar-refractivity contribution in [2.75, 3.05) is 13.1 Å². The molecule has 1 atom stereocenters. The number of ether oxygens (including phenoxy) is 1. The van der Waals surface area contributed by atoms with Gasteiger partial charge in [-0.25, -0.2) is 0 Å². The van der Waals surface area contributed by atoms with Gasteiger partial charge in [0.1, 0.15) is 11.9 Å². The van der Waals surface area contributed by atoms with E-state index in [1.54, 1.807) is 0 Å². The van der Waals surface area contributed by atoms with Crippen molar-refractivity contribution in [3.63, 3.8) is 0 Å². The summed E-state index contributed by atoms with van der Waals surface area (Å²) in [5.41, 5.74) is 0. The van der Waals surface area contributed by atoms with Crippen LogP contribution < -0.4 is 10.1 Å². The fourth-order valence-corrected chi connectivity index (χ4v) is 1.96. The van der Waals surface area contributed by atoms with Crippen LogP contribution in [0.1, 0.15) is 6.42 Å². The smallest absolute Gasteiger partial charge is 0.133 e. The highest BCUT2D eigenvalue weighted by atomic mass is 127. The van der Waals surface area contributed by atoms with E-state index in [4.69, 9.17) is 4.74 Å². The Morgan fingerprint density at radius 1 is 1.38 bits per heavy atom. The van der Waals surface area contributed by atoms with Gasteiger partial charge in [-0.15, -0.1) is 0 Å². The van der Waals surface area contributed by atoms with Gasteiger partial charge in [0, 0.05) is 6.54 Å². The first-order valence-electron chi connectivity index (χ1n) is 4.48. The average molecular weight is 289 g/mol. The van der Waals surface area contributed by atoms with E-state index in [0.717, 1.165) is 25.3 Å². The summed E-state index contributed by atoms with van der Waals surface area (Å²) < 4.78 is 7.02. The second-order valence-corrected chi connectivity index (χ2v) is 4.33. The van der Waals surface area contributed by atoms with E-state index >= 15 is 0 Å². The van der Waals surface area contributed by atoms with Crippen molar-refractivity contribution < 1.29 is 4.74 Å². The Labute approximate surface area is 91.8 Å². The van der Waals surface area contributed by atoms with Crippen LogP contribution in [0.5, 0.6) is 5.75 Å². The zero-order valence-corrected chi connectivity index (χ0v) is 9.45. The predicted octanol–water partition coefficient (Wildman–Crippen LogP) is 2.03. The minimum atomic E-state index is 0.357. The molecule has 1 saturated heterocycles. The lowest BCUT2D eigenvalue weighted by Crippen LogP contribution is -2.19. The van der Waals surface area contributed by atoms with Gasteiger partial charge < -0.3 is 10.1 Å². The van der Waals surface area contributed by atoms with Crippen LogP contribution >= 0.6 is 22.6 Å². The van der Waals surface area contributed by atoms with Crippen molar-refractivity contribution >= 4 is 22.6 Å². The molecule has 0 amide bonds. The molecule has 70 valence electrons. The van der Waals surface area contributed by atoms with Crippen LogP contribution in [0.25, 0.3) is 0 Å². The Morgan fingerprint density at radius 2 is 2.23 bits per heavy atom. The standard InChI is InChI=1S/C10H12INO/c11-9-3-1-2-4-10(9)13-8-5-6-12-7-8/h1-4,8,12H,5-7H2. The van der Waals surface area contributed by atoms with Gasteiger partial charge in [-0.1, -0.05) is 12.1 Å². The van der Waals surface area contributed by atoms with Crippen molar-refractivity contribution in [2.45, 2.75) is 12.5 Å². The molecule has 2 rings (SSSR count). The monoisotopic (exact) mass is 289 g/mol. The van der Waals surface area contributed by atoms with Crippen LogP contribution in [0.2, 0.25) is 0 Å². The van der Waals surface area contributed by atoms with Gasteiger partial charge >= 0.3 is 0 Å². The highest BCUT2D eigenvalue weighted by molar-refractivity contribution is 14.1. The van der Waals surface area contributed by atoms with Gasteiger partial charge in [-0.3, -0.25) is 0 Å². The van der Waals surface area contributed by atoms with Crippen molar-refractivity contribution in [1.29, 1.82) is 0 Å². The fraction of sp³-hybridized carbons (Fsp3) is 0.400. The summed E-state index contributed by atoms with van der Waals surface area (Å²) in [5.74, 6) is 1.01. The molecule has 0 saturated carbocycles. The third-order valence-electron chi connectivity index (χ3n) is 2.15. The maximum atomic E-state index is 5.84. The first kappa shape index (κ1) is 9.27. The minimum Gasteiger partial charge on any atom is -0.488 e. The molecule has 1 aliphatic rings. The zero-order valence-electron chi connectivity index (χ0n) is 7.29. The van der Waals surface area contributed by atoms with Crippen LogP contribution in [0.3, 0.4) is 0 Å². The molecule has 0 radical (unpaired) electrons. The Balaban J connectivity index is 2.04. The van der Waals surface area contributed by atoms with Crippen LogP contribution in [-0.2, 0) is 0 Å². The highest BCUT2D eigenvalue weighted by Crippen LogP contribution is 2.22. The molecule has 1 aromatic rings. The molecule has 3 heteroatoms. The molecule has 0 aromatic heterocycles. The summed E-state index contributed by atoms with van der Waals surface area (Å²) in [5, 5.41) is 3.28. The Bertz CT molecular complexity index is 284. The summed E-state index contributed by atoms with van der Waals surface area (Å²) in [6, 6.07) is 8.14. The molecule has 13 heavy (non-hydrogen) atoms. The summed E-state index contributed by atoms with van der Waals surface area (Å²) in [6.07, 6.45) is 1.47. The maximum Gasteiger partial charge on any atom is 0.133 e. The van der Waals surface area contributed by atoms with Gasteiger partial charge in [0.2, 0.25) is 0 Å². The van der Waals surface area contributed by atoms with Gasteiger partial charge in [0.05, 0.1) is 3.57 Å². The van der Waals surface area contributed by atoms with E-state index in [-0.39, 0.29) is 0 Å². The molecule has 1 N–H and O–H groups in total. The van der Waals surface area contributed by atoms with E-state index in [1.807, 2.05) is 18.2 Å². The van der Waals surface area contributed by atoms with Crippen LogP contribution in [0.15, 0.2) is 24.3 Å². The lowest BCUT2D eigenvalue weighted by Gasteiger charge is -2.13. The number of hydrogen-bond donors (Lipinski definition) is 1. The summed E-state index contributed by atoms with van der Waals surface area (Å²) in [7, 11) is 0. The number of halogens is 1. The molecule has 1 aliphatic heterocycles. The highest BCUT2D eigenvalue weighted by Gasteiger charge is 2.16. The van der Waals surface area contributed by atoms with E-state index in [9.17, 15) is 0 Å². The first-order chi connectivity index (χ1) is 6.36. The van der Waals surface area contributed by atoms with E-state index in [0.29, 0.717) is 6.10 Å². The third kappa shape index (κ3) is 2.34. The molecule has 0 bridgehead atoms. The Kier molecular flexibility index (Phi) is 3.05. The van der Waals surface area contributed by atoms with E-state index < -0.39 is 0 Å². The van der Waals surface area contributed by atoms with Gasteiger partial charge in [-0.2, -0.15) is 0 Å². The molecule has 1 heterocycles. The SMILES string of the molecule is Ic1ccccc1OC1CCNC1. The van der Waals surface area contributed by atoms with Gasteiger partial charge in [0.25, 0.3) is 0 Å². The molecule has 0 spiro atoms. The number of para-hydroxylation sites is 1. The van der Waals surface area contributed by atoms with E-state index in [2.05, 4.69) is 34.0 Å². The molecule has 1 fully saturated rings. The number of benzene rings is 1. The Morgan fingerprint density at radius 3 is 2.92 bits per heavy atom.